The standard InChI is InChI=1S/C36H44N2O8/c1-34-14-11-23(39)18-22(34)7-8-25-26(34)12-15-35(2)27(25)13-16-36(35,45)30(40)20-46-32(42)10-9-31(41)38-29(33(43)44)17-21-19-37-28-6-4-3-5-24(21)28/h3-6,18-19,25-27,29,37,45H,7-17,20H2,1-2H3,(H,38,41)(H,43,44)/t25-,26+,27+,29+,34+,35+,36+/m1/s1. The van der Waals surface area contributed by atoms with Gasteiger partial charge in [0.05, 0.1) is 6.42 Å². The Balaban J connectivity index is 1.01. The van der Waals surface area contributed by atoms with Gasteiger partial charge in [-0.1, -0.05) is 37.6 Å². The summed E-state index contributed by atoms with van der Waals surface area (Å²) in [6.07, 6.45) is 8.92. The summed E-state index contributed by atoms with van der Waals surface area (Å²) in [7, 11) is 0. The Bertz CT molecular complexity index is 1610. The van der Waals surface area contributed by atoms with Gasteiger partial charge in [0.15, 0.2) is 12.4 Å². The molecule has 3 fully saturated rings. The minimum atomic E-state index is -1.60. The fourth-order valence-corrected chi connectivity index (χ4v) is 9.57. The van der Waals surface area contributed by atoms with Crippen molar-refractivity contribution in [3.63, 3.8) is 0 Å². The zero-order valence-corrected chi connectivity index (χ0v) is 26.6. The molecule has 0 saturated heterocycles. The third-order valence-electron chi connectivity index (χ3n) is 12.2. The van der Waals surface area contributed by atoms with Gasteiger partial charge in [0.25, 0.3) is 0 Å². The SMILES string of the molecule is C[C@]12CCC(=O)C=C1CC[C@@H]1[C@@H]2CC[C@@]2(C)[C@H]1CC[C@]2(O)C(=O)COC(=O)CCC(=O)N[C@@H](Cc1c[nH]c2ccccc12)C(=O)O. The number of amides is 1. The maximum absolute atomic E-state index is 13.5. The number of esters is 1. The lowest BCUT2D eigenvalue weighted by Gasteiger charge is -2.58. The fourth-order valence-electron chi connectivity index (χ4n) is 9.57. The number of carboxylic acid groups (broad SMARTS) is 1. The van der Waals surface area contributed by atoms with Crippen molar-refractivity contribution in [2.24, 2.45) is 28.6 Å². The maximum Gasteiger partial charge on any atom is 0.326 e. The van der Waals surface area contributed by atoms with Crippen LogP contribution >= 0.6 is 0 Å². The highest BCUT2D eigenvalue weighted by atomic mass is 16.5. The summed E-state index contributed by atoms with van der Waals surface area (Å²) in [5, 5.41) is 24.9. The molecule has 2 aromatic rings. The molecule has 4 aliphatic rings. The first-order valence-corrected chi connectivity index (χ1v) is 16.6. The van der Waals surface area contributed by atoms with Crippen LogP contribution in [0.15, 0.2) is 42.1 Å². The molecule has 7 atom stereocenters. The van der Waals surface area contributed by atoms with E-state index < -0.39 is 47.3 Å². The number of carboxylic acids is 1. The number of carbonyl (C=O) groups excluding carboxylic acids is 4. The lowest BCUT2D eigenvalue weighted by molar-refractivity contribution is -0.170. The van der Waals surface area contributed by atoms with Gasteiger partial charge >= 0.3 is 11.9 Å². The van der Waals surface area contributed by atoms with E-state index in [4.69, 9.17) is 4.74 Å². The number of ether oxygens (including phenoxy) is 1. The van der Waals surface area contributed by atoms with Crippen molar-refractivity contribution in [3.8, 4) is 0 Å². The van der Waals surface area contributed by atoms with Gasteiger partial charge in [-0.3, -0.25) is 19.2 Å². The highest BCUT2D eigenvalue weighted by Gasteiger charge is 2.66. The molecule has 246 valence electrons. The number of aromatic amines is 1. The maximum atomic E-state index is 13.5. The molecule has 4 aliphatic carbocycles. The van der Waals surface area contributed by atoms with E-state index in [-0.39, 0.29) is 36.4 Å². The minimum Gasteiger partial charge on any atom is -0.480 e. The van der Waals surface area contributed by atoms with Crippen molar-refractivity contribution in [2.45, 2.75) is 96.1 Å². The first-order chi connectivity index (χ1) is 21.9. The molecule has 1 amide bonds. The molecular formula is C36H44N2O8. The van der Waals surface area contributed by atoms with Crippen LogP contribution in [-0.4, -0.2) is 62.9 Å². The Labute approximate surface area is 268 Å². The molecule has 1 aromatic carbocycles. The lowest BCUT2D eigenvalue weighted by atomic mass is 9.46. The van der Waals surface area contributed by atoms with E-state index >= 15 is 0 Å². The molecule has 0 bridgehead atoms. The zero-order chi connectivity index (χ0) is 32.9. The Morgan fingerprint density at radius 1 is 1.02 bits per heavy atom. The number of rotatable bonds is 10. The van der Waals surface area contributed by atoms with Crippen molar-refractivity contribution in [1.82, 2.24) is 10.3 Å². The first kappa shape index (κ1) is 32.2. The average Bonchev–Trinajstić information content (AvgIpc) is 3.56. The van der Waals surface area contributed by atoms with E-state index in [0.29, 0.717) is 31.1 Å². The van der Waals surface area contributed by atoms with Crippen molar-refractivity contribution < 1.29 is 38.9 Å². The van der Waals surface area contributed by atoms with Gasteiger partial charge in [-0.2, -0.15) is 0 Å². The van der Waals surface area contributed by atoms with Crippen molar-refractivity contribution in [3.05, 3.63) is 47.7 Å². The quantitative estimate of drug-likeness (QED) is 0.280. The predicted octanol–water partition coefficient (Wildman–Crippen LogP) is 4.44. The zero-order valence-electron chi connectivity index (χ0n) is 26.6. The molecule has 3 saturated carbocycles. The molecule has 0 radical (unpaired) electrons. The number of allylic oxidation sites excluding steroid dienone is 1. The molecule has 1 heterocycles. The van der Waals surface area contributed by atoms with Crippen LogP contribution in [0.2, 0.25) is 0 Å². The molecule has 0 unspecified atom stereocenters. The van der Waals surface area contributed by atoms with Gasteiger partial charge < -0.3 is 25.3 Å². The van der Waals surface area contributed by atoms with E-state index in [9.17, 15) is 34.2 Å². The van der Waals surface area contributed by atoms with Crippen molar-refractivity contribution in [1.29, 1.82) is 0 Å². The highest BCUT2D eigenvalue weighted by molar-refractivity contribution is 5.92. The first-order valence-electron chi connectivity index (χ1n) is 16.6. The van der Waals surface area contributed by atoms with Gasteiger partial charge in [-0.05, 0) is 85.8 Å². The second-order valence-corrected chi connectivity index (χ2v) is 14.4. The second-order valence-electron chi connectivity index (χ2n) is 14.4. The number of para-hydroxylation sites is 1. The summed E-state index contributed by atoms with van der Waals surface area (Å²) in [6, 6.07) is 6.29. The molecule has 0 spiro atoms. The van der Waals surface area contributed by atoms with Crippen LogP contribution in [0.5, 0.6) is 0 Å². The van der Waals surface area contributed by atoms with Crippen LogP contribution in [0.3, 0.4) is 0 Å². The number of aliphatic hydroxyl groups is 1. The summed E-state index contributed by atoms with van der Waals surface area (Å²) in [6.45, 7) is 3.74. The van der Waals surface area contributed by atoms with Crippen molar-refractivity contribution in [2.75, 3.05) is 6.61 Å². The summed E-state index contributed by atoms with van der Waals surface area (Å²) < 4.78 is 5.26. The van der Waals surface area contributed by atoms with Gasteiger partial charge in [0.1, 0.15) is 11.6 Å². The second kappa shape index (κ2) is 12.1. The number of aromatic nitrogens is 1. The Morgan fingerprint density at radius 3 is 2.57 bits per heavy atom. The molecule has 10 heteroatoms. The number of hydrogen-bond acceptors (Lipinski definition) is 7. The monoisotopic (exact) mass is 632 g/mol. The predicted molar refractivity (Wildman–Crippen MR) is 168 cm³/mol. The number of hydrogen-bond donors (Lipinski definition) is 4. The molecule has 46 heavy (non-hydrogen) atoms. The number of nitrogens with one attached hydrogen (secondary N) is 2. The van der Waals surface area contributed by atoms with Crippen LogP contribution in [0.25, 0.3) is 10.9 Å². The highest BCUT2D eigenvalue weighted by Crippen LogP contribution is 2.67. The summed E-state index contributed by atoms with van der Waals surface area (Å²) in [4.78, 5) is 65.7. The Morgan fingerprint density at radius 2 is 1.78 bits per heavy atom. The minimum absolute atomic E-state index is 0.00834. The molecular weight excluding hydrogens is 588 g/mol. The Hall–Kier alpha value is -3.79. The fraction of sp³-hybridized carbons (Fsp3) is 0.583. The summed E-state index contributed by atoms with van der Waals surface area (Å²) in [5.74, 6) is -1.90. The Kier molecular flexibility index (Phi) is 8.46. The van der Waals surface area contributed by atoms with E-state index in [0.717, 1.165) is 48.6 Å². The average molecular weight is 633 g/mol. The van der Waals surface area contributed by atoms with E-state index in [1.54, 1.807) is 6.20 Å². The number of aliphatic carboxylic acids is 1. The lowest BCUT2D eigenvalue weighted by Crippen LogP contribution is -2.58. The van der Waals surface area contributed by atoms with E-state index in [1.165, 1.54) is 5.57 Å². The topological polar surface area (TPSA) is 163 Å². The van der Waals surface area contributed by atoms with Gasteiger partial charge in [0.2, 0.25) is 11.7 Å². The van der Waals surface area contributed by atoms with Crippen LogP contribution in [0, 0.1) is 28.6 Å². The molecule has 10 nitrogen and oxygen atoms in total. The number of fused-ring (bicyclic) bond motifs is 6. The van der Waals surface area contributed by atoms with Crippen molar-refractivity contribution >= 4 is 40.3 Å². The van der Waals surface area contributed by atoms with E-state index in [1.807, 2.05) is 37.3 Å². The third-order valence-corrected chi connectivity index (χ3v) is 12.2. The number of Topliss-reactive ketones (excluding diaryl/α,β-unsaturated/α-hetero) is 1. The molecule has 4 N–H and O–H groups in total. The van der Waals surface area contributed by atoms with Gasteiger partial charge in [-0.25, -0.2) is 4.79 Å². The number of benzene rings is 1. The third kappa shape index (κ3) is 5.48. The van der Waals surface area contributed by atoms with E-state index in [2.05, 4.69) is 17.2 Å². The van der Waals surface area contributed by atoms with Crippen LogP contribution in [0.4, 0.5) is 0 Å². The normalized spacial score (nSPS) is 32.5. The van der Waals surface area contributed by atoms with Crippen LogP contribution < -0.4 is 5.32 Å². The summed E-state index contributed by atoms with van der Waals surface area (Å²) in [5.41, 5.74) is 0.646. The van der Waals surface area contributed by atoms with Crippen LogP contribution in [-0.2, 0) is 35.1 Å². The number of carbonyl (C=O) groups is 5. The smallest absolute Gasteiger partial charge is 0.326 e. The van der Waals surface area contributed by atoms with Gasteiger partial charge in [0, 0.05) is 41.8 Å². The van der Waals surface area contributed by atoms with Crippen LogP contribution in [0.1, 0.15) is 83.6 Å². The summed E-state index contributed by atoms with van der Waals surface area (Å²) >= 11 is 0. The number of H-pyrrole nitrogens is 1. The molecule has 0 aliphatic heterocycles. The molecule has 6 rings (SSSR count). The largest absolute Gasteiger partial charge is 0.480 e. The van der Waals surface area contributed by atoms with Gasteiger partial charge in [-0.15, -0.1) is 0 Å². The molecule has 1 aromatic heterocycles. The number of ketones is 2.